The van der Waals surface area contributed by atoms with Crippen molar-refractivity contribution >= 4 is 33.0 Å². The van der Waals surface area contributed by atoms with E-state index in [0.717, 1.165) is 27.1 Å². The average Bonchev–Trinajstić information content (AvgIpc) is 2.32. The Bertz CT molecular complexity index is 509. The number of nitrogens with one attached hydrogen (secondary N) is 1. The zero-order chi connectivity index (χ0) is 12.3. The molecule has 0 aromatic heterocycles. The summed E-state index contributed by atoms with van der Waals surface area (Å²) in [5.74, 6) is 0. The Kier molecular flexibility index (Phi) is 3.54. The third-order valence-corrected chi connectivity index (χ3v) is 3.02. The first kappa shape index (κ1) is 11.8. The second kappa shape index (κ2) is 5.10. The van der Waals surface area contributed by atoms with E-state index < -0.39 is 0 Å². The van der Waals surface area contributed by atoms with E-state index >= 15 is 0 Å². The molecule has 0 atom stereocenters. The number of nitrogens with two attached hydrogens (primary N) is 2. The Morgan fingerprint density at radius 3 is 2.41 bits per heavy atom. The molecule has 3 nitrogen and oxygen atoms in total. The molecule has 0 fully saturated rings. The molecule has 2 rings (SSSR count). The highest BCUT2D eigenvalue weighted by molar-refractivity contribution is 9.10. The van der Waals surface area contributed by atoms with Crippen molar-refractivity contribution in [1.29, 1.82) is 0 Å². The van der Waals surface area contributed by atoms with E-state index in [1.807, 2.05) is 36.4 Å². The first-order valence-corrected chi connectivity index (χ1v) is 6.08. The van der Waals surface area contributed by atoms with Crippen molar-refractivity contribution in [2.24, 2.45) is 0 Å². The fourth-order valence-corrected chi connectivity index (χ4v) is 1.81. The van der Waals surface area contributed by atoms with Crippen molar-refractivity contribution < 1.29 is 0 Å². The van der Waals surface area contributed by atoms with Gasteiger partial charge in [0.2, 0.25) is 0 Å². The van der Waals surface area contributed by atoms with Crippen molar-refractivity contribution in [2.45, 2.75) is 6.54 Å². The molecule has 17 heavy (non-hydrogen) atoms. The van der Waals surface area contributed by atoms with Gasteiger partial charge >= 0.3 is 0 Å². The fraction of sp³-hybridized carbons (Fsp3) is 0.0769. The van der Waals surface area contributed by atoms with Crippen LogP contribution in [0.4, 0.5) is 17.1 Å². The lowest BCUT2D eigenvalue weighted by molar-refractivity contribution is 1.15. The number of benzene rings is 2. The second-order valence-electron chi connectivity index (χ2n) is 3.82. The third kappa shape index (κ3) is 3.14. The van der Waals surface area contributed by atoms with Gasteiger partial charge in [0.15, 0.2) is 0 Å². The first-order valence-electron chi connectivity index (χ1n) is 5.28. The topological polar surface area (TPSA) is 64.1 Å². The van der Waals surface area contributed by atoms with E-state index in [1.54, 1.807) is 6.07 Å². The highest BCUT2D eigenvalue weighted by atomic mass is 79.9. The van der Waals surface area contributed by atoms with Crippen molar-refractivity contribution in [2.75, 3.05) is 16.8 Å². The van der Waals surface area contributed by atoms with E-state index in [2.05, 4.69) is 21.2 Å². The fourth-order valence-electron chi connectivity index (χ4n) is 1.54. The number of hydrogen-bond acceptors (Lipinski definition) is 3. The van der Waals surface area contributed by atoms with Crippen LogP contribution in [0.1, 0.15) is 5.56 Å². The Labute approximate surface area is 109 Å². The number of halogens is 1. The normalized spacial score (nSPS) is 10.2. The molecular weight excluding hydrogens is 278 g/mol. The van der Waals surface area contributed by atoms with Gasteiger partial charge in [-0.3, -0.25) is 0 Å². The van der Waals surface area contributed by atoms with Crippen LogP contribution in [0.5, 0.6) is 0 Å². The van der Waals surface area contributed by atoms with Crippen molar-refractivity contribution in [3.63, 3.8) is 0 Å². The third-order valence-electron chi connectivity index (χ3n) is 2.49. The van der Waals surface area contributed by atoms with E-state index in [0.29, 0.717) is 6.54 Å². The number of nitrogen functional groups attached to an aromatic ring is 2. The van der Waals surface area contributed by atoms with E-state index in [4.69, 9.17) is 11.5 Å². The van der Waals surface area contributed by atoms with Gasteiger partial charge in [0.1, 0.15) is 0 Å². The predicted molar refractivity (Wildman–Crippen MR) is 76.7 cm³/mol. The van der Waals surface area contributed by atoms with Gasteiger partial charge in [0.25, 0.3) is 0 Å². The van der Waals surface area contributed by atoms with Crippen LogP contribution in [-0.2, 0) is 6.54 Å². The largest absolute Gasteiger partial charge is 0.399 e. The molecule has 0 aliphatic carbocycles. The molecule has 0 amide bonds. The molecule has 0 saturated heterocycles. The quantitative estimate of drug-likeness (QED) is 0.761. The van der Waals surface area contributed by atoms with Crippen LogP contribution >= 0.6 is 15.9 Å². The zero-order valence-corrected chi connectivity index (χ0v) is 10.9. The molecule has 0 radical (unpaired) electrons. The average molecular weight is 292 g/mol. The Balaban J connectivity index is 2.07. The van der Waals surface area contributed by atoms with Crippen LogP contribution < -0.4 is 16.8 Å². The van der Waals surface area contributed by atoms with Crippen molar-refractivity contribution in [3.8, 4) is 0 Å². The minimum atomic E-state index is 0.665. The summed E-state index contributed by atoms with van der Waals surface area (Å²) in [6.45, 7) is 0.665. The van der Waals surface area contributed by atoms with Gasteiger partial charge in [0.05, 0.1) is 0 Å². The lowest BCUT2D eigenvalue weighted by Crippen LogP contribution is -2.03. The molecule has 0 spiro atoms. The van der Waals surface area contributed by atoms with Gasteiger partial charge in [-0.25, -0.2) is 0 Å². The highest BCUT2D eigenvalue weighted by Gasteiger charge is 2.00. The Morgan fingerprint density at radius 1 is 1.00 bits per heavy atom. The van der Waals surface area contributed by atoms with Crippen molar-refractivity contribution in [1.82, 2.24) is 0 Å². The molecular formula is C13H14BrN3. The maximum Gasteiger partial charge on any atom is 0.0421 e. The summed E-state index contributed by atoms with van der Waals surface area (Å²) >= 11 is 3.40. The van der Waals surface area contributed by atoms with E-state index in [1.165, 1.54) is 0 Å². The number of rotatable bonds is 3. The van der Waals surface area contributed by atoms with Gasteiger partial charge in [-0.2, -0.15) is 0 Å². The minimum Gasteiger partial charge on any atom is -0.399 e. The Morgan fingerprint density at radius 2 is 1.71 bits per heavy atom. The molecule has 0 aliphatic heterocycles. The summed E-state index contributed by atoms with van der Waals surface area (Å²) in [6.07, 6.45) is 0. The maximum atomic E-state index is 5.87. The van der Waals surface area contributed by atoms with Crippen LogP contribution in [0.25, 0.3) is 0 Å². The Hall–Kier alpha value is -1.68. The number of anilines is 3. The number of hydrogen-bond donors (Lipinski definition) is 3. The molecule has 88 valence electrons. The van der Waals surface area contributed by atoms with Crippen molar-refractivity contribution in [3.05, 3.63) is 52.5 Å². The molecule has 2 aromatic rings. The first-order chi connectivity index (χ1) is 8.15. The van der Waals surface area contributed by atoms with Gasteiger partial charge in [-0.1, -0.05) is 15.9 Å². The van der Waals surface area contributed by atoms with Gasteiger partial charge in [-0.15, -0.1) is 0 Å². The molecule has 4 heteroatoms. The summed E-state index contributed by atoms with van der Waals surface area (Å²) in [5.41, 5.74) is 15.1. The molecule has 2 aromatic carbocycles. The lowest BCUT2D eigenvalue weighted by atomic mass is 10.1. The van der Waals surface area contributed by atoms with Crippen LogP contribution in [-0.4, -0.2) is 0 Å². The molecule has 0 aliphatic rings. The van der Waals surface area contributed by atoms with E-state index in [9.17, 15) is 0 Å². The predicted octanol–water partition coefficient (Wildman–Crippen LogP) is 3.23. The van der Waals surface area contributed by atoms with Gasteiger partial charge in [0, 0.05) is 28.1 Å². The van der Waals surface area contributed by atoms with E-state index in [-0.39, 0.29) is 0 Å². The zero-order valence-electron chi connectivity index (χ0n) is 9.28. The molecule has 0 bridgehead atoms. The van der Waals surface area contributed by atoms with Crippen LogP contribution in [0.15, 0.2) is 46.9 Å². The van der Waals surface area contributed by atoms with Crippen LogP contribution in [0, 0.1) is 0 Å². The monoisotopic (exact) mass is 291 g/mol. The summed E-state index contributed by atoms with van der Waals surface area (Å²) in [6, 6.07) is 13.5. The molecule has 0 saturated carbocycles. The van der Waals surface area contributed by atoms with Gasteiger partial charge < -0.3 is 16.8 Å². The minimum absolute atomic E-state index is 0.665. The maximum absolute atomic E-state index is 5.87. The second-order valence-corrected chi connectivity index (χ2v) is 4.73. The van der Waals surface area contributed by atoms with Crippen LogP contribution in [0.3, 0.4) is 0 Å². The summed E-state index contributed by atoms with van der Waals surface area (Å²) < 4.78 is 1.06. The SMILES string of the molecule is Nc1ccc(N)c(CNc2ccc(Br)cc2)c1. The molecule has 0 heterocycles. The smallest absolute Gasteiger partial charge is 0.0421 e. The lowest BCUT2D eigenvalue weighted by Gasteiger charge is -2.09. The standard InChI is InChI=1S/C13H14BrN3/c14-10-1-4-12(5-2-10)17-8-9-7-11(15)3-6-13(9)16/h1-7,17H,8,15-16H2. The molecule has 0 unspecified atom stereocenters. The summed E-state index contributed by atoms with van der Waals surface area (Å²) in [4.78, 5) is 0. The van der Waals surface area contributed by atoms with Crippen LogP contribution in [0.2, 0.25) is 0 Å². The molecule has 5 N–H and O–H groups in total. The highest BCUT2D eigenvalue weighted by Crippen LogP contribution is 2.19. The van der Waals surface area contributed by atoms with Gasteiger partial charge in [-0.05, 0) is 48.0 Å². The summed E-state index contributed by atoms with van der Waals surface area (Å²) in [7, 11) is 0. The summed E-state index contributed by atoms with van der Waals surface area (Å²) in [5, 5.41) is 3.30.